The van der Waals surface area contributed by atoms with E-state index in [-0.39, 0.29) is 12.2 Å². The Balaban J connectivity index is 2.14. The molecule has 0 aromatic heterocycles. The van der Waals surface area contributed by atoms with Crippen LogP contribution in [0.15, 0.2) is 0 Å². The molecule has 5 unspecified atom stereocenters. The van der Waals surface area contributed by atoms with Gasteiger partial charge in [-0.05, 0) is 43.4 Å². The van der Waals surface area contributed by atoms with E-state index in [0.717, 1.165) is 25.2 Å². The Hall–Kier alpha value is -0.570. The van der Waals surface area contributed by atoms with Crippen LogP contribution in [0.5, 0.6) is 0 Å². The van der Waals surface area contributed by atoms with E-state index in [9.17, 15) is 4.79 Å². The molecule has 1 heterocycles. The van der Waals surface area contributed by atoms with Crippen molar-refractivity contribution >= 4 is 5.91 Å². The van der Waals surface area contributed by atoms with Crippen LogP contribution < -0.4 is 5.32 Å². The number of hydrogen-bond donors (Lipinski definition) is 1. The number of carbonyl (C=O) groups is 1. The molecular weight excluding hydrogens is 260 g/mol. The molecule has 0 spiro atoms. The average Bonchev–Trinajstić information content (AvgIpc) is 2.91. The molecule has 5 atom stereocenters. The number of hydrogen-bond acceptors (Lipinski definition) is 2. The molecule has 1 saturated heterocycles. The van der Waals surface area contributed by atoms with E-state index in [1.165, 1.54) is 19.3 Å². The molecule has 1 saturated carbocycles. The van der Waals surface area contributed by atoms with Crippen LogP contribution in [0.1, 0.15) is 73.1 Å². The fraction of sp³-hybridized carbons (Fsp3) is 0.944. The molecule has 1 amide bonds. The molecule has 2 fully saturated rings. The molecule has 1 N–H and O–H groups in total. The van der Waals surface area contributed by atoms with E-state index >= 15 is 0 Å². The zero-order valence-corrected chi connectivity index (χ0v) is 14.6. The van der Waals surface area contributed by atoms with Gasteiger partial charge in [0.15, 0.2) is 0 Å². The highest BCUT2D eigenvalue weighted by Gasteiger charge is 2.46. The third kappa shape index (κ3) is 3.44. The van der Waals surface area contributed by atoms with Crippen molar-refractivity contribution in [3.63, 3.8) is 0 Å². The Bertz CT molecular complexity index is 355. The molecular formula is C18H34N2O. The third-order valence-electron chi connectivity index (χ3n) is 5.62. The Morgan fingerprint density at radius 1 is 1.29 bits per heavy atom. The quantitative estimate of drug-likeness (QED) is 0.808. The van der Waals surface area contributed by atoms with E-state index in [0.29, 0.717) is 23.8 Å². The largest absolute Gasteiger partial charge is 0.323 e. The van der Waals surface area contributed by atoms with Gasteiger partial charge in [-0.25, -0.2) is 0 Å². The van der Waals surface area contributed by atoms with E-state index < -0.39 is 0 Å². The fourth-order valence-corrected chi connectivity index (χ4v) is 4.43. The maximum atomic E-state index is 12.9. The van der Waals surface area contributed by atoms with Gasteiger partial charge < -0.3 is 4.90 Å². The van der Waals surface area contributed by atoms with Crippen molar-refractivity contribution in [2.45, 2.75) is 91.4 Å². The lowest BCUT2D eigenvalue weighted by Gasteiger charge is -2.34. The van der Waals surface area contributed by atoms with E-state index in [4.69, 9.17) is 0 Å². The van der Waals surface area contributed by atoms with Crippen LogP contribution in [0.25, 0.3) is 0 Å². The summed E-state index contributed by atoms with van der Waals surface area (Å²) < 4.78 is 0. The molecule has 1 aliphatic carbocycles. The lowest BCUT2D eigenvalue weighted by molar-refractivity contribution is -0.133. The number of nitrogens with one attached hydrogen (secondary N) is 1. The van der Waals surface area contributed by atoms with E-state index in [1.54, 1.807) is 0 Å². The number of nitrogens with zero attached hydrogens (tertiary/aromatic N) is 1. The van der Waals surface area contributed by atoms with Gasteiger partial charge in [0.25, 0.3) is 0 Å². The first-order valence-corrected chi connectivity index (χ1v) is 9.07. The summed E-state index contributed by atoms with van der Waals surface area (Å²) in [5, 5.41) is 3.63. The van der Waals surface area contributed by atoms with Gasteiger partial charge in [0.2, 0.25) is 5.91 Å². The Labute approximate surface area is 130 Å². The summed E-state index contributed by atoms with van der Waals surface area (Å²) in [6, 6.07) is 0.521. The van der Waals surface area contributed by atoms with Crippen molar-refractivity contribution < 1.29 is 4.79 Å². The van der Waals surface area contributed by atoms with Crippen molar-refractivity contribution in [1.82, 2.24) is 10.2 Å². The van der Waals surface area contributed by atoms with Crippen LogP contribution in [-0.4, -0.2) is 29.1 Å². The van der Waals surface area contributed by atoms with E-state index in [2.05, 4.69) is 44.8 Å². The summed E-state index contributed by atoms with van der Waals surface area (Å²) in [6.45, 7) is 11.3. The first-order valence-electron chi connectivity index (χ1n) is 9.07. The first kappa shape index (κ1) is 16.8. The summed E-state index contributed by atoms with van der Waals surface area (Å²) in [5.41, 5.74) is 0. The summed E-state index contributed by atoms with van der Waals surface area (Å²) in [4.78, 5) is 15.1. The lowest BCUT2D eigenvalue weighted by Crippen LogP contribution is -2.47. The molecule has 3 heteroatoms. The highest BCUT2D eigenvalue weighted by Crippen LogP contribution is 2.39. The molecule has 1 aliphatic heterocycles. The predicted octanol–water partition coefficient (Wildman–Crippen LogP) is 3.78. The molecule has 0 aromatic rings. The van der Waals surface area contributed by atoms with Crippen molar-refractivity contribution in [2.75, 3.05) is 0 Å². The van der Waals surface area contributed by atoms with Gasteiger partial charge in [-0.2, -0.15) is 0 Å². The topological polar surface area (TPSA) is 32.3 Å². The van der Waals surface area contributed by atoms with Crippen LogP contribution in [0.4, 0.5) is 0 Å². The van der Waals surface area contributed by atoms with Gasteiger partial charge in [-0.1, -0.05) is 47.5 Å². The number of amides is 1. The smallest absolute Gasteiger partial charge is 0.241 e. The fourth-order valence-electron chi connectivity index (χ4n) is 4.43. The minimum absolute atomic E-state index is 0.0617. The van der Waals surface area contributed by atoms with Gasteiger partial charge >= 0.3 is 0 Å². The molecule has 2 aliphatic rings. The molecule has 0 bridgehead atoms. The SMILES string of the molecule is CCCC1NC(CC(C)C)N(C2CCC(CC)C2C)C1=O. The Morgan fingerprint density at radius 2 is 2.00 bits per heavy atom. The zero-order valence-electron chi connectivity index (χ0n) is 14.6. The third-order valence-corrected chi connectivity index (χ3v) is 5.62. The van der Waals surface area contributed by atoms with Crippen LogP contribution >= 0.6 is 0 Å². The van der Waals surface area contributed by atoms with Crippen LogP contribution in [0, 0.1) is 17.8 Å². The van der Waals surface area contributed by atoms with E-state index in [1.807, 2.05) is 0 Å². The first-order chi connectivity index (χ1) is 9.99. The molecule has 21 heavy (non-hydrogen) atoms. The molecule has 0 aromatic carbocycles. The van der Waals surface area contributed by atoms with Gasteiger partial charge in [-0.3, -0.25) is 10.1 Å². The highest BCUT2D eigenvalue weighted by atomic mass is 16.2. The predicted molar refractivity (Wildman–Crippen MR) is 87.9 cm³/mol. The monoisotopic (exact) mass is 294 g/mol. The van der Waals surface area contributed by atoms with Crippen molar-refractivity contribution in [3.8, 4) is 0 Å². The van der Waals surface area contributed by atoms with Crippen molar-refractivity contribution in [1.29, 1.82) is 0 Å². The standard InChI is InChI=1S/C18H34N2O/c1-6-8-15-18(21)20(17(19-15)11-12(3)4)16-10-9-14(7-2)13(16)5/h12-17,19H,6-11H2,1-5H3. The second-order valence-electron chi connectivity index (χ2n) is 7.57. The van der Waals surface area contributed by atoms with Gasteiger partial charge in [0, 0.05) is 6.04 Å². The zero-order chi connectivity index (χ0) is 15.6. The minimum Gasteiger partial charge on any atom is -0.323 e. The van der Waals surface area contributed by atoms with Gasteiger partial charge in [-0.15, -0.1) is 0 Å². The normalized spacial score (nSPS) is 37.0. The second-order valence-corrected chi connectivity index (χ2v) is 7.57. The minimum atomic E-state index is 0.0617. The number of rotatable bonds is 6. The van der Waals surface area contributed by atoms with Crippen molar-refractivity contribution in [3.05, 3.63) is 0 Å². The molecule has 122 valence electrons. The van der Waals surface area contributed by atoms with Crippen molar-refractivity contribution in [2.24, 2.45) is 17.8 Å². The summed E-state index contributed by atoms with van der Waals surface area (Å²) in [6.07, 6.45) is 7.12. The number of carbonyl (C=O) groups excluding carboxylic acids is 1. The molecule has 3 nitrogen and oxygen atoms in total. The second kappa shape index (κ2) is 7.13. The lowest BCUT2D eigenvalue weighted by atomic mass is 9.92. The Kier molecular flexibility index (Phi) is 5.70. The summed E-state index contributed by atoms with van der Waals surface area (Å²) in [7, 11) is 0. The maximum absolute atomic E-state index is 12.9. The maximum Gasteiger partial charge on any atom is 0.241 e. The average molecular weight is 294 g/mol. The van der Waals surface area contributed by atoms with Gasteiger partial charge in [0.1, 0.15) is 0 Å². The van der Waals surface area contributed by atoms with Crippen LogP contribution in [-0.2, 0) is 4.79 Å². The summed E-state index contributed by atoms with van der Waals surface area (Å²) >= 11 is 0. The summed E-state index contributed by atoms with van der Waals surface area (Å²) in [5.74, 6) is 2.44. The van der Waals surface area contributed by atoms with Crippen LogP contribution in [0.3, 0.4) is 0 Å². The molecule has 0 radical (unpaired) electrons. The van der Waals surface area contributed by atoms with Gasteiger partial charge in [0.05, 0.1) is 12.2 Å². The highest BCUT2D eigenvalue weighted by molar-refractivity contribution is 5.84. The Morgan fingerprint density at radius 3 is 2.52 bits per heavy atom. The van der Waals surface area contributed by atoms with Crippen LogP contribution in [0.2, 0.25) is 0 Å². The molecule has 2 rings (SSSR count).